The molecule has 7 heteroatoms. The molecular formula is C13H14N2O5. The van der Waals surface area contributed by atoms with Crippen LogP contribution in [0.5, 0.6) is 0 Å². The predicted molar refractivity (Wildman–Crippen MR) is 70.3 cm³/mol. The molecule has 0 saturated heterocycles. The van der Waals surface area contributed by atoms with Crippen molar-refractivity contribution in [2.45, 2.75) is 13.5 Å². The van der Waals surface area contributed by atoms with Gasteiger partial charge in [0, 0.05) is 6.54 Å². The third-order valence-corrected chi connectivity index (χ3v) is 2.90. The van der Waals surface area contributed by atoms with Crippen LogP contribution < -0.4 is 11.1 Å². The minimum absolute atomic E-state index is 0.0126. The van der Waals surface area contributed by atoms with Crippen molar-refractivity contribution in [3.05, 3.63) is 34.8 Å². The molecule has 1 amide bonds. The first kappa shape index (κ1) is 13.9. The number of carboxylic acid groups (broad SMARTS) is 1. The molecule has 0 aliphatic heterocycles. The molecule has 0 fully saturated rings. The molecule has 1 unspecified atom stereocenters. The average Bonchev–Trinajstić information content (AvgIpc) is 2.72. The number of carboxylic acids is 1. The Bertz CT molecular complexity index is 700. The number of amides is 1. The first-order chi connectivity index (χ1) is 9.49. The molecule has 0 bridgehead atoms. The Morgan fingerprint density at radius 2 is 2.10 bits per heavy atom. The van der Waals surface area contributed by atoms with Gasteiger partial charge in [0.05, 0.1) is 11.4 Å². The maximum Gasteiger partial charge on any atom is 0.420 e. The van der Waals surface area contributed by atoms with Gasteiger partial charge in [-0.15, -0.1) is 0 Å². The number of benzene rings is 1. The summed E-state index contributed by atoms with van der Waals surface area (Å²) >= 11 is 0. The number of nitrogens with one attached hydrogen (secondary N) is 1. The van der Waals surface area contributed by atoms with E-state index in [0.717, 1.165) is 0 Å². The summed E-state index contributed by atoms with van der Waals surface area (Å²) in [4.78, 5) is 34.0. The van der Waals surface area contributed by atoms with Crippen LogP contribution in [0.4, 0.5) is 0 Å². The van der Waals surface area contributed by atoms with E-state index in [2.05, 4.69) is 5.32 Å². The summed E-state index contributed by atoms with van der Waals surface area (Å²) < 4.78 is 6.20. The average molecular weight is 278 g/mol. The Morgan fingerprint density at radius 1 is 1.40 bits per heavy atom. The Kier molecular flexibility index (Phi) is 3.88. The molecule has 0 radical (unpaired) electrons. The molecule has 1 heterocycles. The summed E-state index contributed by atoms with van der Waals surface area (Å²) in [6.45, 7) is 1.29. The maximum atomic E-state index is 11.7. The highest BCUT2D eigenvalue weighted by molar-refractivity contribution is 5.80. The van der Waals surface area contributed by atoms with Gasteiger partial charge in [0.25, 0.3) is 0 Å². The lowest BCUT2D eigenvalue weighted by molar-refractivity contribution is -0.141. The SMILES string of the molecule is CC(CNC(=O)Cn1c(=O)oc2ccccc21)C(=O)O. The van der Waals surface area contributed by atoms with Crippen molar-refractivity contribution in [2.75, 3.05) is 6.54 Å². The molecule has 1 aromatic heterocycles. The van der Waals surface area contributed by atoms with Crippen molar-refractivity contribution in [3.8, 4) is 0 Å². The lowest BCUT2D eigenvalue weighted by Gasteiger charge is -2.08. The van der Waals surface area contributed by atoms with Crippen LogP contribution in [0, 0.1) is 5.92 Å². The standard InChI is InChI=1S/C13H14N2O5/c1-8(12(17)18)6-14-11(16)7-15-9-4-2-3-5-10(9)20-13(15)19/h2-5,8H,6-7H2,1H3,(H,14,16)(H,17,18). The number of fused-ring (bicyclic) bond motifs is 1. The number of aliphatic carboxylic acids is 1. The van der Waals surface area contributed by atoms with Crippen LogP contribution in [-0.2, 0) is 16.1 Å². The topological polar surface area (TPSA) is 102 Å². The highest BCUT2D eigenvalue weighted by Gasteiger charge is 2.15. The number of hydrogen-bond donors (Lipinski definition) is 2. The van der Waals surface area contributed by atoms with Gasteiger partial charge in [-0.3, -0.25) is 14.2 Å². The van der Waals surface area contributed by atoms with Gasteiger partial charge >= 0.3 is 11.7 Å². The van der Waals surface area contributed by atoms with Crippen molar-refractivity contribution < 1.29 is 19.1 Å². The summed E-state index contributed by atoms with van der Waals surface area (Å²) in [5, 5.41) is 11.2. The molecule has 0 saturated carbocycles. The molecule has 0 spiro atoms. The number of nitrogens with zero attached hydrogens (tertiary/aromatic N) is 1. The molecule has 20 heavy (non-hydrogen) atoms. The van der Waals surface area contributed by atoms with Crippen molar-refractivity contribution >= 4 is 23.0 Å². The summed E-state index contributed by atoms with van der Waals surface area (Å²) in [5.74, 6) is -2.73. The molecule has 0 aliphatic rings. The fraction of sp³-hybridized carbons (Fsp3) is 0.308. The number of oxazole rings is 1. The normalized spacial score (nSPS) is 12.2. The van der Waals surface area contributed by atoms with E-state index in [1.54, 1.807) is 24.3 Å². The Hall–Kier alpha value is -2.57. The number of hydrogen-bond acceptors (Lipinski definition) is 4. The molecule has 1 aromatic carbocycles. The van der Waals surface area contributed by atoms with Crippen LogP contribution in [-0.4, -0.2) is 28.1 Å². The minimum atomic E-state index is -0.990. The molecule has 2 aromatic rings. The monoisotopic (exact) mass is 278 g/mol. The van der Waals surface area contributed by atoms with Crippen LogP contribution in [0.2, 0.25) is 0 Å². The second kappa shape index (κ2) is 5.60. The van der Waals surface area contributed by atoms with E-state index in [1.165, 1.54) is 11.5 Å². The predicted octanol–water partition coefficient (Wildman–Crippen LogP) is 0.431. The smallest absolute Gasteiger partial charge is 0.420 e. The summed E-state index contributed by atoms with van der Waals surface area (Å²) in [6, 6.07) is 6.77. The van der Waals surface area contributed by atoms with Gasteiger partial charge in [0.1, 0.15) is 6.54 Å². The van der Waals surface area contributed by atoms with E-state index in [9.17, 15) is 14.4 Å². The second-order valence-corrected chi connectivity index (χ2v) is 4.47. The molecule has 7 nitrogen and oxygen atoms in total. The van der Waals surface area contributed by atoms with Gasteiger partial charge in [-0.1, -0.05) is 19.1 Å². The summed E-state index contributed by atoms with van der Waals surface area (Å²) in [6.07, 6.45) is 0. The minimum Gasteiger partial charge on any atom is -0.481 e. The van der Waals surface area contributed by atoms with E-state index in [4.69, 9.17) is 9.52 Å². The van der Waals surface area contributed by atoms with Gasteiger partial charge in [0.2, 0.25) is 5.91 Å². The van der Waals surface area contributed by atoms with E-state index in [1.807, 2.05) is 0 Å². The number of carbonyl (C=O) groups excluding carboxylic acids is 1. The van der Waals surface area contributed by atoms with E-state index in [0.29, 0.717) is 11.1 Å². The first-order valence-corrected chi connectivity index (χ1v) is 6.07. The van der Waals surface area contributed by atoms with Gasteiger partial charge in [-0.25, -0.2) is 4.79 Å². The zero-order valence-electron chi connectivity index (χ0n) is 10.8. The highest BCUT2D eigenvalue weighted by atomic mass is 16.4. The second-order valence-electron chi connectivity index (χ2n) is 4.47. The van der Waals surface area contributed by atoms with Crippen LogP contribution in [0.15, 0.2) is 33.5 Å². The Balaban J connectivity index is 2.09. The van der Waals surface area contributed by atoms with Crippen LogP contribution >= 0.6 is 0 Å². The van der Waals surface area contributed by atoms with Gasteiger partial charge in [0.15, 0.2) is 5.58 Å². The van der Waals surface area contributed by atoms with Gasteiger partial charge < -0.3 is 14.8 Å². The van der Waals surface area contributed by atoms with Crippen molar-refractivity contribution in [2.24, 2.45) is 5.92 Å². The van der Waals surface area contributed by atoms with E-state index in [-0.39, 0.29) is 13.1 Å². The quantitative estimate of drug-likeness (QED) is 0.826. The molecule has 106 valence electrons. The molecule has 2 N–H and O–H groups in total. The third kappa shape index (κ3) is 2.87. The van der Waals surface area contributed by atoms with Crippen molar-refractivity contribution in [1.82, 2.24) is 9.88 Å². The van der Waals surface area contributed by atoms with E-state index >= 15 is 0 Å². The van der Waals surface area contributed by atoms with Crippen LogP contribution in [0.1, 0.15) is 6.92 Å². The van der Waals surface area contributed by atoms with Crippen LogP contribution in [0.3, 0.4) is 0 Å². The fourth-order valence-corrected chi connectivity index (χ4v) is 1.72. The van der Waals surface area contributed by atoms with Crippen LogP contribution in [0.25, 0.3) is 11.1 Å². The van der Waals surface area contributed by atoms with Gasteiger partial charge in [-0.2, -0.15) is 0 Å². The molecular weight excluding hydrogens is 264 g/mol. The van der Waals surface area contributed by atoms with Gasteiger partial charge in [-0.05, 0) is 12.1 Å². The first-order valence-electron chi connectivity index (χ1n) is 6.07. The zero-order chi connectivity index (χ0) is 14.7. The third-order valence-electron chi connectivity index (χ3n) is 2.90. The lowest BCUT2D eigenvalue weighted by atomic mass is 10.2. The molecule has 0 aliphatic carbocycles. The number of carbonyl (C=O) groups is 2. The molecule has 1 atom stereocenters. The zero-order valence-corrected chi connectivity index (χ0v) is 10.8. The maximum absolute atomic E-state index is 11.7. The summed E-state index contributed by atoms with van der Waals surface area (Å²) in [7, 11) is 0. The Labute approximate surface area is 113 Å². The Morgan fingerprint density at radius 3 is 2.80 bits per heavy atom. The number of para-hydroxylation sites is 2. The largest absolute Gasteiger partial charge is 0.481 e. The number of rotatable bonds is 5. The number of aromatic nitrogens is 1. The molecule has 2 rings (SSSR count). The highest BCUT2D eigenvalue weighted by Crippen LogP contribution is 2.11. The van der Waals surface area contributed by atoms with Crippen molar-refractivity contribution in [1.29, 1.82) is 0 Å². The summed E-state index contributed by atoms with van der Waals surface area (Å²) in [5.41, 5.74) is 0.933. The fourth-order valence-electron chi connectivity index (χ4n) is 1.72. The van der Waals surface area contributed by atoms with E-state index < -0.39 is 23.6 Å². The lowest BCUT2D eigenvalue weighted by Crippen LogP contribution is -2.35. The van der Waals surface area contributed by atoms with Crippen molar-refractivity contribution in [3.63, 3.8) is 0 Å².